The molecule has 2 N–H and O–H groups in total. The summed E-state index contributed by atoms with van der Waals surface area (Å²) in [6.07, 6.45) is -3.85. The van der Waals surface area contributed by atoms with Gasteiger partial charge in [0.2, 0.25) is 0 Å². The third-order valence-corrected chi connectivity index (χ3v) is 5.18. The molecular formula is C22H20ClF3N2O. The van der Waals surface area contributed by atoms with Gasteiger partial charge in [0.15, 0.2) is 0 Å². The summed E-state index contributed by atoms with van der Waals surface area (Å²) in [4.78, 5) is 12.2. The van der Waals surface area contributed by atoms with Gasteiger partial charge in [-0.3, -0.25) is 4.79 Å². The number of halogens is 4. The Labute approximate surface area is 171 Å². The number of benzene rings is 2. The molecule has 0 saturated heterocycles. The van der Waals surface area contributed by atoms with Crippen LogP contribution >= 0.6 is 11.6 Å². The number of nitrogens with two attached hydrogens (primary N) is 1. The van der Waals surface area contributed by atoms with Crippen LogP contribution in [0.25, 0.3) is 11.1 Å². The van der Waals surface area contributed by atoms with Crippen LogP contribution in [0.3, 0.4) is 0 Å². The molecule has 3 rings (SSSR count). The highest BCUT2D eigenvalue weighted by molar-refractivity contribution is 6.30. The molecule has 152 valence electrons. The number of hydrogen-bond donors (Lipinski definition) is 1. The van der Waals surface area contributed by atoms with Crippen molar-refractivity contribution >= 4 is 17.5 Å². The van der Waals surface area contributed by atoms with E-state index in [-0.39, 0.29) is 0 Å². The van der Waals surface area contributed by atoms with Crippen LogP contribution in [0.15, 0.2) is 48.5 Å². The van der Waals surface area contributed by atoms with E-state index in [1.807, 2.05) is 29.7 Å². The molecule has 1 aromatic heterocycles. The fourth-order valence-electron chi connectivity index (χ4n) is 3.64. The standard InChI is InChI=1S/C22H20ClF3N2O/c1-3-18-20(15-7-9-16(10-8-15)22(24,25)26)19(21(27)29)13(2)28(18)12-14-5-4-6-17(23)11-14/h4-11H,3,12H2,1-2H3,(H2,27,29). The minimum atomic E-state index is -4.42. The Kier molecular flexibility index (Phi) is 5.75. The van der Waals surface area contributed by atoms with E-state index in [0.29, 0.717) is 40.4 Å². The zero-order chi connectivity index (χ0) is 21.3. The van der Waals surface area contributed by atoms with Crippen LogP contribution in [-0.4, -0.2) is 10.5 Å². The fourth-order valence-corrected chi connectivity index (χ4v) is 3.85. The van der Waals surface area contributed by atoms with Crippen molar-refractivity contribution < 1.29 is 18.0 Å². The first-order chi connectivity index (χ1) is 13.6. The molecule has 0 aliphatic rings. The molecule has 0 aliphatic carbocycles. The number of aromatic nitrogens is 1. The van der Waals surface area contributed by atoms with Crippen molar-refractivity contribution in [3.63, 3.8) is 0 Å². The van der Waals surface area contributed by atoms with Crippen molar-refractivity contribution in [1.29, 1.82) is 0 Å². The van der Waals surface area contributed by atoms with Gasteiger partial charge >= 0.3 is 6.18 Å². The molecule has 0 spiro atoms. The first-order valence-electron chi connectivity index (χ1n) is 9.07. The van der Waals surface area contributed by atoms with Crippen LogP contribution in [0.1, 0.15) is 39.8 Å². The first-order valence-corrected chi connectivity index (χ1v) is 9.45. The molecule has 1 heterocycles. The predicted molar refractivity (Wildman–Crippen MR) is 108 cm³/mol. The molecule has 2 aromatic carbocycles. The highest BCUT2D eigenvalue weighted by Gasteiger charge is 2.31. The van der Waals surface area contributed by atoms with Gasteiger partial charge in [-0.2, -0.15) is 13.2 Å². The Morgan fingerprint density at radius 1 is 1.14 bits per heavy atom. The topological polar surface area (TPSA) is 48.0 Å². The van der Waals surface area contributed by atoms with E-state index in [2.05, 4.69) is 0 Å². The van der Waals surface area contributed by atoms with Gasteiger partial charge in [0, 0.05) is 28.5 Å². The Morgan fingerprint density at radius 3 is 2.31 bits per heavy atom. The van der Waals surface area contributed by atoms with Gasteiger partial charge in [0.1, 0.15) is 0 Å². The zero-order valence-electron chi connectivity index (χ0n) is 16.0. The van der Waals surface area contributed by atoms with E-state index in [1.165, 1.54) is 12.1 Å². The van der Waals surface area contributed by atoms with Crippen LogP contribution in [-0.2, 0) is 19.1 Å². The molecule has 0 bridgehead atoms. The number of amides is 1. The molecule has 0 radical (unpaired) electrons. The average Bonchev–Trinajstić information content (AvgIpc) is 2.93. The van der Waals surface area contributed by atoms with Crippen molar-refractivity contribution in [2.75, 3.05) is 0 Å². The molecule has 1 amide bonds. The first kappa shape index (κ1) is 21.0. The lowest BCUT2D eigenvalue weighted by molar-refractivity contribution is -0.137. The summed E-state index contributed by atoms with van der Waals surface area (Å²) in [6.45, 7) is 4.19. The Bertz CT molecular complexity index is 1050. The predicted octanol–water partition coefficient (Wildman–Crippen LogP) is 5.85. The highest BCUT2D eigenvalue weighted by atomic mass is 35.5. The molecule has 0 aliphatic heterocycles. The molecule has 0 saturated carbocycles. The molecule has 3 aromatic rings. The summed E-state index contributed by atoms with van der Waals surface area (Å²) in [5, 5.41) is 0.600. The van der Waals surface area contributed by atoms with E-state index in [0.717, 1.165) is 23.4 Å². The van der Waals surface area contributed by atoms with Crippen molar-refractivity contribution in [3.8, 4) is 11.1 Å². The van der Waals surface area contributed by atoms with Crippen molar-refractivity contribution in [3.05, 3.63) is 81.6 Å². The van der Waals surface area contributed by atoms with Crippen LogP contribution in [0.4, 0.5) is 13.2 Å². The SMILES string of the molecule is CCc1c(-c2ccc(C(F)(F)F)cc2)c(C(N)=O)c(C)n1Cc1cccc(Cl)c1. The highest BCUT2D eigenvalue weighted by Crippen LogP contribution is 2.36. The lowest BCUT2D eigenvalue weighted by atomic mass is 9.97. The summed E-state index contributed by atoms with van der Waals surface area (Å²) in [7, 11) is 0. The van der Waals surface area contributed by atoms with Gasteiger partial charge < -0.3 is 10.3 Å². The minimum absolute atomic E-state index is 0.323. The molecule has 0 atom stereocenters. The number of carbonyl (C=O) groups excluding carboxylic acids is 1. The smallest absolute Gasteiger partial charge is 0.366 e. The van der Waals surface area contributed by atoms with E-state index in [1.54, 1.807) is 13.0 Å². The number of hydrogen-bond acceptors (Lipinski definition) is 1. The number of rotatable bonds is 5. The molecule has 7 heteroatoms. The van der Waals surface area contributed by atoms with E-state index in [9.17, 15) is 18.0 Å². The van der Waals surface area contributed by atoms with Crippen LogP contribution in [0.2, 0.25) is 5.02 Å². The lowest BCUT2D eigenvalue weighted by Gasteiger charge is -2.13. The van der Waals surface area contributed by atoms with Crippen LogP contribution in [0, 0.1) is 6.92 Å². The molecule has 29 heavy (non-hydrogen) atoms. The summed E-state index contributed by atoms with van der Waals surface area (Å²) in [6, 6.07) is 12.2. The van der Waals surface area contributed by atoms with Gasteiger partial charge in [0.25, 0.3) is 5.91 Å². The van der Waals surface area contributed by atoms with E-state index < -0.39 is 17.6 Å². The van der Waals surface area contributed by atoms with Crippen LogP contribution in [0.5, 0.6) is 0 Å². The monoisotopic (exact) mass is 420 g/mol. The van der Waals surface area contributed by atoms with E-state index >= 15 is 0 Å². The summed E-state index contributed by atoms with van der Waals surface area (Å²) in [5.41, 5.74) is 8.78. The van der Waals surface area contributed by atoms with Gasteiger partial charge in [-0.15, -0.1) is 0 Å². The maximum atomic E-state index is 12.9. The Hall–Kier alpha value is -2.73. The molecule has 0 fully saturated rings. The Balaban J connectivity index is 2.17. The van der Waals surface area contributed by atoms with Crippen LogP contribution < -0.4 is 5.73 Å². The third-order valence-electron chi connectivity index (χ3n) is 4.94. The summed E-state index contributed by atoms with van der Waals surface area (Å²) in [5.74, 6) is -0.614. The van der Waals surface area contributed by atoms with Gasteiger partial charge in [0.05, 0.1) is 11.1 Å². The van der Waals surface area contributed by atoms with Crippen molar-refractivity contribution in [2.24, 2.45) is 5.73 Å². The zero-order valence-corrected chi connectivity index (χ0v) is 16.7. The summed E-state index contributed by atoms with van der Waals surface area (Å²) >= 11 is 6.08. The van der Waals surface area contributed by atoms with Gasteiger partial charge in [-0.05, 0) is 48.7 Å². The number of nitrogens with zero attached hydrogens (tertiary/aromatic N) is 1. The largest absolute Gasteiger partial charge is 0.416 e. The van der Waals surface area contributed by atoms with Gasteiger partial charge in [-0.25, -0.2) is 0 Å². The second-order valence-electron chi connectivity index (χ2n) is 6.79. The summed E-state index contributed by atoms with van der Waals surface area (Å²) < 4.78 is 40.8. The second-order valence-corrected chi connectivity index (χ2v) is 7.23. The number of alkyl halides is 3. The average molecular weight is 421 g/mol. The minimum Gasteiger partial charge on any atom is -0.366 e. The number of carbonyl (C=O) groups is 1. The maximum absolute atomic E-state index is 12.9. The normalized spacial score (nSPS) is 11.7. The van der Waals surface area contributed by atoms with Gasteiger partial charge in [-0.1, -0.05) is 42.8 Å². The quantitative estimate of drug-likeness (QED) is 0.553. The second kappa shape index (κ2) is 7.95. The van der Waals surface area contributed by atoms with Crippen molar-refractivity contribution in [2.45, 2.75) is 33.0 Å². The maximum Gasteiger partial charge on any atom is 0.416 e. The van der Waals surface area contributed by atoms with Crippen molar-refractivity contribution in [1.82, 2.24) is 4.57 Å². The molecule has 0 unspecified atom stereocenters. The number of primary amides is 1. The van der Waals surface area contributed by atoms with E-state index in [4.69, 9.17) is 17.3 Å². The fraction of sp³-hybridized carbons (Fsp3) is 0.227. The Morgan fingerprint density at radius 2 is 1.79 bits per heavy atom. The molecule has 3 nitrogen and oxygen atoms in total. The lowest BCUT2D eigenvalue weighted by Crippen LogP contribution is -2.13. The molecular weight excluding hydrogens is 401 g/mol. The third kappa shape index (κ3) is 4.17.